The van der Waals surface area contributed by atoms with Gasteiger partial charge in [0.1, 0.15) is 0 Å². The topological polar surface area (TPSA) is 125 Å². The van der Waals surface area contributed by atoms with Gasteiger partial charge in [0.2, 0.25) is 0 Å². The van der Waals surface area contributed by atoms with E-state index < -0.39 is 0 Å². The van der Waals surface area contributed by atoms with E-state index in [2.05, 4.69) is 164 Å². The Kier molecular flexibility index (Phi) is 13.2. The second-order valence-electron chi connectivity index (χ2n) is 20.5. The van der Waals surface area contributed by atoms with Gasteiger partial charge in [0.25, 0.3) is 0 Å². The Hall–Kier alpha value is -11.8. The number of hydrogen-bond acceptors (Lipinski definition) is 8. The van der Waals surface area contributed by atoms with Crippen LogP contribution in [0.25, 0.3) is 146 Å². The summed E-state index contributed by atoms with van der Waals surface area (Å²) in [7, 11) is 0. The highest BCUT2D eigenvalue weighted by Crippen LogP contribution is 2.39. The molecule has 0 fully saturated rings. The lowest BCUT2D eigenvalue weighted by molar-refractivity contribution is 1.07. The summed E-state index contributed by atoms with van der Waals surface area (Å²) >= 11 is 0. The molecule has 0 N–H and O–H groups in total. The van der Waals surface area contributed by atoms with Crippen LogP contribution in [-0.2, 0) is 0 Å². The Bertz CT molecular complexity index is 4890. The molecule has 0 radical (unpaired) electrons. The van der Waals surface area contributed by atoms with Gasteiger partial charge in [-0.2, -0.15) is 10.5 Å². The van der Waals surface area contributed by atoms with E-state index in [0.29, 0.717) is 46.1 Å². The molecule has 0 amide bonds. The molecule has 0 aliphatic rings. The summed E-state index contributed by atoms with van der Waals surface area (Å²) in [6.07, 6.45) is 0. The normalized spacial score (nSPS) is 11.1. The summed E-state index contributed by atoms with van der Waals surface area (Å²) in [4.78, 5) is 30.7. The maximum Gasteiger partial charge on any atom is 0.164 e. The number of nitrogens with zero attached hydrogens (tertiary/aromatic N) is 8. The van der Waals surface area contributed by atoms with E-state index in [1.54, 1.807) is 0 Å². The van der Waals surface area contributed by atoms with E-state index in [-0.39, 0.29) is 0 Å². The Labute approximate surface area is 485 Å². The summed E-state index contributed by atoms with van der Waals surface area (Å²) in [5, 5.41) is 23.5. The molecule has 8 heteroatoms. The van der Waals surface area contributed by atoms with Gasteiger partial charge in [0.05, 0.1) is 23.3 Å². The third-order valence-electron chi connectivity index (χ3n) is 15.3. The van der Waals surface area contributed by atoms with Crippen LogP contribution in [0.5, 0.6) is 0 Å². The Morgan fingerprint density at radius 3 is 0.845 bits per heavy atom. The van der Waals surface area contributed by atoms with Gasteiger partial charge in [0, 0.05) is 33.4 Å². The highest BCUT2D eigenvalue weighted by Gasteiger charge is 2.18. The van der Waals surface area contributed by atoms with Crippen molar-refractivity contribution in [3.63, 3.8) is 0 Å². The first kappa shape index (κ1) is 50.4. The fourth-order valence-corrected chi connectivity index (χ4v) is 11.1. The summed E-state index contributed by atoms with van der Waals surface area (Å²) in [5.74, 6) is 3.39. The average molecular weight is 1070 g/mol. The molecule has 0 bridgehead atoms. The molecule has 390 valence electrons. The van der Waals surface area contributed by atoms with Crippen LogP contribution in [-0.4, -0.2) is 29.9 Å². The fourth-order valence-electron chi connectivity index (χ4n) is 11.1. The van der Waals surface area contributed by atoms with E-state index in [4.69, 9.17) is 29.9 Å². The van der Waals surface area contributed by atoms with Crippen molar-refractivity contribution < 1.29 is 0 Å². The molecular weight excluding hydrogens is 1020 g/mol. The van der Waals surface area contributed by atoms with Gasteiger partial charge in [-0.05, 0) is 114 Å². The molecule has 12 aromatic carbocycles. The lowest BCUT2D eigenvalue weighted by atomic mass is 9.92. The number of benzene rings is 12. The van der Waals surface area contributed by atoms with Crippen molar-refractivity contribution in [2.75, 3.05) is 0 Å². The first-order chi connectivity index (χ1) is 41.5. The van der Waals surface area contributed by atoms with Crippen LogP contribution in [0.2, 0.25) is 0 Å². The van der Waals surface area contributed by atoms with Crippen LogP contribution in [0.4, 0.5) is 0 Å². The third kappa shape index (κ3) is 9.89. The highest BCUT2D eigenvalue weighted by atomic mass is 15.0. The SMILES string of the molecule is N#Cc1ccc(-c2cccc3c(-c4ccc(-c5nc(-c6ccccc6)nc(-c6cccc(-c7cccc(-c8nc(-c9ccccc9)nc(-c9ccc(-c%10cccc%11c(-c%12cccc(C#N)c%12)cccc%10%11)cc9)n8)c7)c6)n5)cc4)cccc23)cc1. The average Bonchev–Trinajstić information content (AvgIpc) is 3.77. The predicted molar refractivity (Wildman–Crippen MR) is 337 cm³/mol. The van der Waals surface area contributed by atoms with E-state index in [1.807, 2.05) is 127 Å². The number of rotatable bonds is 11. The van der Waals surface area contributed by atoms with Crippen LogP contribution in [0, 0.1) is 22.7 Å². The Morgan fingerprint density at radius 1 is 0.190 bits per heavy atom. The predicted octanol–water partition coefficient (Wildman–Crippen LogP) is 18.4. The van der Waals surface area contributed by atoms with Crippen molar-refractivity contribution in [1.82, 2.24) is 29.9 Å². The lowest BCUT2D eigenvalue weighted by Gasteiger charge is -2.13. The van der Waals surface area contributed by atoms with Crippen LogP contribution in [0.3, 0.4) is 0 Å². The van der Waals surface area contributed by atoms with Crippen LogP contribution >= 0.6 is 0 Å². The zero-order chi connectivity index (χ0) is 56.3. The first-order valence-corrected chi connectivity index (χ1v) is 27.6. The molecule has 2 heterocycles. The smallest absolute Gasteiger partial charge is 0.164 e. The monoisotopic (exact) mass is 1070 g/mol. The quantitative estimate of drug-likeness (QED) is 0.125. The molecule has 0 saturated heterocycles. The van der Waals surface area contributed by atoms with E-state index in [0.717, 1.165) is 111 Å². The number of hydrogen-bond donors (Lipinski definition) is 0. The zero-order valence-electron chi connectivity index (χ0n) is 45.1. The number of fused-ring (bicyclic) bond motifs is 2. The largest absolute Gasteiger partial charge is 0.208 e. The van der Waals surface area contributed by atoms with Gasteiger partial charge in [0.15, 0.2) is 34.9 Å². The third-order valence-corrected chi connectivity index (χ3v) is 15.3. The minimum absolute atomic E-state index is 0.553. The standard InChI is InChI=1S/C76H46N8/c77-47-49-32-34-51(35-33-49)63-24-10-29-68-64(25-11-28-67(63)68)52-36-40-56(41-37-52)73-79-71(54-15-3-1-4-16-54)81-75(83-73)61-22-8-19-58(45-61)59-20-9-23-62(46-59)76-82-72(55-17-5-2-6-18-55)80-74(84-76)57-42-38-53(39-43-57)65-26-12-31-70-66(27-13-30-69(65)70)60-21-7-14-50(44-60)48-78/h1-46H. The summed E-state index contributed by atoms with van der Waals surface area (Å²) in [6.45, 7) is 0. The van der Waals surface area contributed by atoms with Gasteiger partial charge in [-0.3, -0.25) is 0 Å². The van der Waals surface area contributed by atoms with Crippen molar-refractivity contribution >= 4 is 21.5 Å². The minimum atomic E-state index is 0.553. The molecule has 14 rings (SSSR count). The fraction of sp³-hybridized carbons (Fsp3) is 0. The molecule has 2 aromatic heterocycles. The second-order valence-corrected chi connectivity index (χ2v) is 20.5. The summed E-state index contributed by atoms with van der Waals surface area (Å²) < 4.78 is 0. The lowest BCUT2D eigenvalue weighted by Crippen LogP contribution is -2.00. The van der Waals surface area contributed by atoms with E-state index >= 15 is 0 Å². The molecule has 0 unspecified atom stereocenters. The van der Waals surface area contributed by atoms with Gasteiger partial charge in [-0.25, -0.2) is 29.9 Å². The van der Waals surface area contributed by atoms with Crippen molar-refractivity contribution in [2.45, 2.75) is 0 Å². The molecule has 0 aliphatic heterocycles. The van der Waals surface area contributed by atoms with Crippen molar-refractivity contribution in [3.05, 3.63) is 290 Å². The van der Waals surface area contributed by atoms with Crippen molar-refractivity contribution in [2.24, 2.45) is 0 Å². The Balaban J connectivity index is 0.787. The highest BCUT2D eigenvalue weighted by molar-refractivity contribution is 6.06. The first-order valence-electron chi connectivity index (χ1n) is 27.6. The Morgan fingerprint density at radius 2 is 0.464 bits per heavy atom. The van der Waals surface area contributed by atoms with Crippen LogP contribution in [0.1, 0.15) is 11.1 Å². The van der Waals surface area contributed by atoms with Gasteiger partial charge in [-0.15, -0.1) is 0 Å². The number of aromatic nitrogens is 6. The number of nitriles is 2. The van der Waals surface area contributed by atoms with E-state index in [1.165, 1.54) is 0 Å². The molecule has 0 spiro atoms. The molecule has 84 heavy (non-hydrogen) atoms. The summed E-state index contributed by atoms with van der Waals surface area (Å²) in [5.41, 5.74) is 17.0. The maximum absolute atomic E-state index is 9.62. The van der Waals surface area contributed by atoms with Crippen LogP contribution < -0.4 is 0 Å². The molecule has 8 nitrogen and oxygen atoms in total. The van der Waals surface area contributed by atoms with Crippen molar-refractivity contribution in [1.29, 1.82) is 10.5 Å². The summed E-state index contributed by atoms with van der Waals surface area (Å²) in [6, 6.07) is 99.1. The maximum atomic E-state index is 9.62. The molecule has 0 atom stereocenters. The van der Waals surface area contributed by atoms with Gasteiger partial charge in [-0.1, -0.05) is 243 Å². The molecule has 0 aliphatic carbocycles. The molecular formula is C76H46N8. The minimum Gasteiger partial charge on any atom is -0.208 e. The van der Waals surface area contributed by atoms with Gasteiger partial charge >= 0.3 is 0 Å². The van der Waals surface area contributed by atoms with Crippen LogP contribution in [0.15, 0.2) is 279 Å². The van der Waals surface area contributed by atoms with Gasteiger partial charge < -0.3 is 0 Å². The second kappa shape index (κ2) is 22.0. The van der Waals surface area contributed by atoms with Crippen molar-refractivity contribution in [3.8, 4) is 136 Å². The zero-order valence-corrected chi connectivity index (χ0v) is 45.1. The van der Waals surface area contributed by atoms with E-state index in [9.17, 15) is 10.5 Å². The molecule has 0 saturated carbocycles. The molecule has 14 aromatic rings.